The van der Waals surface area contributed by atoms with Crippen molar-refractivity contribution in [1.82, 2.24) is 4.31 Å². The zero-order valence-corrected chi connectivity index (χ0v) is 15.9. The van der Waals surface area contributed by atoms with Crippen molar-refractivity contribution in [1.29, 1.82) is 0 Å². The average Bonchev–Trinajstić information content (AvgIpc) is 2.77. The number of fused-ring (bicyclic) bond motifs is 1. The van der Waals surface area contributed by atoms with Gasteiger partial charge in [-0.2, -0.15) is 17.5 Å². The predicted molar refractivity (Wildman–Crippen MR) is 93.7 cm³/mol. The first-order valence-corrected chi connectivity index (χ1v) is 10.5. The molecule has 152 valence electrons. The Balaban J connectivity index is 2.26. The summed E-state index contributed by atoms with van der Waals surface area (Å²) >= 11 is 0. The highest BCUT2D eigenvalue weighted by Gasteiger charge is 2.44. The van der Waals surface area contributed by atoms with Crippen molar-refractivity contribution in [2.75, 3.05) is 6.54 Å². The molecule has 0 fully saturated rings. The van der Waals surface area contributed by atoms with Gasteiger partial charge in [-0.25, -0.2) is 8.42 Å². The summed E-state index contributed by atoms with van der Waals surface area (Å²) in [4.78, 5) is 10.8. The molecule has 5 nitrogen and oxygen atoms in total. The van der Waals surface area contributed by atoms with Crippen LogP contribution < -0.4 is 0 Å². The summed E-state index contributed by atoms with van der Waals surface area (Å²) < 4.78 is 65.5. The number of hydrogen-bond donors (Lipinski definition) is 1. The van der Waals surface area contributed by atoms with E-state index in [4.69, 9.17) is 5.11 Å². The van der Waals surface area contributed by atoms with Crippen LogP contribution in [0.2, 0.25) is 0 Å². The van der Waals surface area contributed by atoms with Gasteiger partial charge in [0.2, 0.25) is 10.0 Å². The van der Waals surface area contributed by atoms with Crippen molar-refractivity contribution in [3.8, 4) is 0 Å². The Labute approximate surface area is 157 Å². The Morgan fingerprint density at radius 2 is 1.78 bits per heavy atom. The number of sulfonamides is 1. The molecule has 9 heteroatoms. The Kier molecular flexibility index (Phi) is 6.91. The fraction of sp³-hybridized carbons (Fsp3) is 0.611. The van der Waals surface area contributed by atoms with E-state index in [9.17, 15) is 26.4 Å². The van der Waals surface area contributed by atoms with Crippen LogP contribution in [0.15, 0.2) is 23.1 Å². The number of carbonyl (C=O) groups is 1. The van der Waals surface area contributed by atoms with Crippen molar-refractivity contribution < 1.29 is 31.5 Å². The molecule has 0 radical (unpaired) electrons. The van der Waals surface area contributed by atoms with E-state index in [-0.39, 0.29) is 12.1 Å². The number of aliphatic carboxylic acids is 1. The Morgan fingerprint density at radius 3 is 2.37 bits per heavy atom. The van der Waals surface area contributed by atoms with E-state index >= 15 is 0 Å². The third-order valence-corrected chi connectivity index (χ3v) is 6.70. The lowest BCUT2D eigenvalue weighted by Crippen LogP contribution is -2.30. The van der Waals surface area contributed by atoms with Crippen molar-refractivity contribution in [3.05, 3.63) is 29.3 Å². The van der Waals surface area contributed by atoms with E-state index in [2.05, 4.69) is 6.92 Å². The molecule has 0 saturated carbocycles. The maximum absolute atomic E-state index is 13.0. The van der Waals surface area contributed by atoms with Gasteiger partial charge in [0.15, 0.2) is 0 Å². The summed E-state index contributed by atoms with van der Waals surface area (Å²) in [7, 11) is -4.15. The summed E-state index contributed by atoms with van der Waals surface area (Å²) in [6.45, 7) is 2.18. The number of hydrogen-bond acceptors (Lipinski definition) is 3. The highest BCUT2D eigenvalue weighted by atomic mass is 32.2. The number of alkyl halides is 3. The largest absolute Gasteiger partial charge is 0.481 e. The number of carboxylic acids is 1. The van der Waals surface area contributed by atoms with E-state index < -0.39 is 45.1 Å². The summed E-state index contributed by atoms with van der Waals surface area (Å²) in [6, 6.07) is 1.53. The third kappa shape index (κ3) is 5.01. The summed E-state index contributed by atoms with van der Waals surface area (Å²) in [5.74, 6) is -1.20. The van der Waals surface area contributed by atoms with Gasteiger partial charge in [-0.15, -0.1) is 0 Å². The molecule has 2 rings (SSSR count). The number of rotatable bonds is 9. The lowest BCUT2D eigenvalue weighted by Gasteiger charge is -2.22. The van der Waals surface area contributed by atoms with Crippen LogP contribution in [-0.4, -0.2) is 30.3 Å². The molecular weight excluding hydrogens is 383 g/mol. The molecule has 0 saturated heterocycles. The highest BCUT2D eigenvalue weighted by Crippen LogP contribution is 2.44. The minimum absolute atomic E-state index is 0.0996. The number of carboxylic acid groups (broad SMARTS) is 1. The van der Waals surface area contributed by atoms with Gasteiger partial charge in [0.05, 0.1) is 22.9 Å². The molecule has 27 heavy (non-hydrogen) atoms. The third-order valence-electron chi connectivity index (χ3n) is 4.73. The lowest BCUT2D eigenvalue weighted by molar-refractivity contribution is -0.139. The second-order valence-electron chi connectivity index (χ2n) is 6.75. The fourth-order valence-corrected chi connectivity index (χ4v) is 5.28. The van der Waals surface area contributed by atoms with Crippen molar-refractivity contribution >= 4 is 16.0 Å². The second kappa shape index (κ2) is 8.60. The first kappa shape index (κ1) is 21.7. The molecule has 1 heterocycles. The first-order chi connectivity index (χ1) is 12.6. The van der Waals surface area contributed by atoms with Gasteiger partial charge in [-0.1, -0.05) is 45.1 Å². The van der Waals surface area contributed by atoms with Gasteiger partial charge in [0.1, 0.15) is 0 Å². The molecule has 1 atom stereocenters. The Bertz CT molecular complexity index is 777. The van der Waals surface area contributed by atoms with E-state index in [1.807, 2.05) is 0 Å². The van der Waals surface area contributed by atoms with Crippen LogP contribution in [0.3, 0.4) is 0 Å². The number of halogens is 3. The highest BCUT2D eigenvalue weighted by molar-refractivity contribution is 7.89. The molecule has 1 aromatic carbocycles. The Morgan fingerprint density at radius 1 is 1.15 bits per heavy atom. The quantitative estimate of drug-likeness (QED) is 0.608. The van der Waals surface area contributed by atoms with Crippen molar-refractivity contribution in [2.24, 2.45) is 0 Å². The fourth-order valence-electron chi connectivity index (χ4n) is 3.36. The molecule has 0 amide bonds. The maximum Gasteiger partial charge on any atom is 0.416 e. The van der Waals surface area contributed by atoms with Gasteiger partial charge in [-0.3, -0.25) is 4.79 Å². The number of benzene rings is 1. The van der Waals surface area contributed by atoms with Crippen LogP contribution in [0, 0.1) is 0 Å². The van der Waals surface area contributed by atoms with E-state index in [0.29, 0.717) is 12.5 Å². The number of nitrogens with zero attached hydrogens (tertiary/aromatic N) is 1. The number of unbranched alkanes of at least 4 members (excludes halogenated alkanes) is 5. The standard InChI is InChI=1S/C18H24F3NO4S/c1-2-3-4-5-6-7-10-22-15(12-17(23)24)14-9-8-13(18(19,20)21)11-16(14)27(22,25)26/h8-9,11,15H,2-7,10,12H2,1H3,(H,23,24)/t15-/m0/s1. The van der Waals surface area contributed by atoms with Gasteiger partial charge >= 0.3 is 12.1 Å². The molecule has 0 bridgehead atoms. The molecule has 1 aromatic rings. The molecule has 0 aromatic heterocycles. The molecule has 0 aliphatic carbocycles. The maximum atomic E-state index is 13.0. The monoisotopic (exact) mass is 407 g/mol. The summed E-state index contributed by atoms with van der Waals surface area (Å²) in [6.07, 6.45) is 0.336. The SMILES string of the molecule is CCCCCCCCN1[C@@H](CC(=O)O)c2ccc(C(F)(F)F)cc2S1(=O)=O. The van der Waals surface area contributed by atoms with Crippen LogP contribution >= 0.6 is 0 Å². The molecular formula is C18H24F3NO4S. The van der Waals surface area contributed by atoms with Crippen molar-refractivity contribution in [3.63, 3.8) is 0 Å². The van der Waals surface area contributed by atoms with Gasteiger partial charge in [0, 0.05) is 6.54 Å². The minimum Gasteiger partial charge on any atom is -0.481 e. The average molecular weight is 407 g/mol. The normalized spacial score (nSPS) is 19.2. The predicted octanol–water partition coefficient (Wildman–Crippen LogP) is 4.59. The van der Waals surface area contributed by atoms with Gasteiger partial charge in [0.25, 0.3) is 0 Å². The zero-order chi connectivity index (χ0) is 20.2. The van der Waals surface area contributed by atoms with Crippen LogP contribution in [0.25, 0.3) is 0 Å². The molecule has 0 unspecified atom stereocenters. The van der Waals surface area contributed by atoms with E-state index in [0.717, 1.165) is 48.5 Å². The topological polar surface area (TPSA) is 74.7 Å². The van der Waals surface area contributed by atoms with Gasteiger partial charge in [-0.05, 0) is 24.1 Å². The first-order valence-electron chi connectivity index (χ1n) is 9.03. The molecule has 1 aliphatic rings. The smallest absolute Gasteiger partial charge is 0.416 e. The van der Waals surface area contributed by atoms with Crippen LogP contribution in [0.5, 0.6) is 0 Å². The van der Waals surface area contributed by atoms with Crippen LogP contribution in [0.4, 0.5) is 13.2 Å². The zero-order valence-electron chi connectivity index (χ0n) is 15.1. The van der Waals surface area contributed by atoms with E-state index in [1.54, 1.807) is 0 Å². The molecule has 1 aliphatic heterocycles. The lowest BCUT2D eigenvalue weighted by atomic mass is 10.0. The summed E-state index contributed by atoms with van der Waals surface area (Å²) in [5, 5.41) is 9.14. The molecule has 1 N–H and O–H groups in total. The Hall–Kier alpha value is -1.61. The van der Waals surface area contributed by atoms with E-state index in [1.165, 1.54) is 0 Å². The van der Waals surface area contributed by atoms with Crippen LogP contribution in [0.1, 0.15) is 69.0 Å². The van der Waals surface area contributed by atoms with Crippen LogP contribution in [-0.2, 0) is 21.0 Å². The van der Waals surface area contributed by atoms with Gasteiger partial charge < -0.3 is 5.11 Å². The molecule has 0 spiro atoms. The second-order valence-corrected chi connectivity index (χ2v) is 8.61. The summed E-state index contributed by atoms with van der Waals surface area (Å²) in [5.41, 5.74) is -0.934. The van der Waals surface area contributed by atoms with Crippen molar-refractivity contribution in [2.45, 2.75) is 69.0 Å². The minimum atomic E-state index is -4.67.